The number of benzene rings is 2. The molecule has 4 nitrogen and oxygen atoms in total. The maximum Gasteiger partial charge on any atom is 0.272 e. The monoisotopic (exact) mass is 404 g/mol. The molecule has 0 atom stereocenters. The molecule has 0 aromatic heterocycles. The molecule has 1 heterocycles. The van der Waals surface area contributed by atoms with Gasteiger partial charge in [-0.05, 0) is 24.1 Å². The maximum absolute atomic E-state index is 13.8. The molecule has 0 bridgehead atoms. The zero-order valence-electron chi connectivity index (χ0n) is 15.0. The Hall–Kier alpha value is -2.73. The van der Waals surface area contributed by atoms with Gasteiger partial charge in [-0.2, -0.15) is 0 Å². The van der Waals surface area contributed by atoms with Crippen LogP contribution in [-0.2, 0) is 4.79 Å². The van der Waals surface area contributed by atoms with Gasteiger partial charge >= 0.3 is 0 Å². The number of nitrogens with zero attached hydrogens (tertiary/aromatic N) is 1. The smallest absolute Gasteiger partial charge is 0.272 e. The average Bonchev–Trinajstić information content (AvgIpc) is 2.71. The first kappa shape index (κ1) is 20.0. The first-order valence-corrected chi connectivity index (χ1v) is 9.24. The minimum absolute atomic E-state index is 0.00349. The van der Waals surface area contributed by atoms with Crippen LogP contribution in [0.15, 0.2) is 66.4 Å². The van der Waals surface area contributed by atoms with E-state index in [1.165, 1.54) is 0 Å². The number of piperidine rings is 1. The Bertz CT molecular complexity index is 886. The number of nitrogens with one attached hydrogen (secondary N) is 1. The number of carbonyl (C=O) groups is 2. The van der Waals surface area contributed by atoms with Gasteiger partial charge in [0.25, 0.3) is 17.7 Å². The Kier molecular flexibility index (Phi) is 6.09. The van der Waals surface area contributed by atoms with Crippen LogP contribution in [0.1, 0.15) is 28.8 Å². The highest BCUT2D eigenvalue weighted by atomic mass is 35.5. The van der Waals surface area contributed by atoms with Crippen LogP contribution in [0.2, 0.25) is 0 Å². The van der Waals surface area contributed by atoms with Crippen LogP contribution in [0.4, 0.5) is 8.78 Å². The second-order valence-electron chi connectivity index (χ2n) is 6.56. The summed E-state index contributed by atoms with van der Waals surface area (Å²) >= 11 is 6.42. The van der Waals surface area contributed by atoms with Gasteiger partial charge in [0.1, 0.15) is 5.70 Å². The van der Waals surface area contributed by atoms with Crippen LogP contribution >= 0.6 is 11.6 Å². The highest BCUT2D eigenvalue weighted by molar-refractivity contribution is 6.51. The van der Waals surface area contributed by atoms with Crippen molar-refractivity contribution in [2.45, 2.75) is 18.8 Å². The van der Waals surface area contributed by atoms with Gasteiger partial charge < -0.3 is 10.2 Å². The average molecular weight is 405 g/mol. The number of alkyl halides is 2. The normalized spacial score (nSPS) is 16.9. The molecule has 1 aliphatic heterocycles. The van der Waals surface area contributed by atoms with Crippen molar-refractivity contribution in [3.05, 3.63) is 77.5 Å². The third-order valence-corrected chi connectivity index (χ3v) is 4.82. The lowest BCUT2D eigenvalue weighted by atomic mass is 10.1. The van der Waals surface area contributed by atoms with Gasteiger partial charge in [-0.3, -0.25) is 9.59 Å². The summed E-state index contributed by atoms with van der Waals surface area (Å²) in [6.45, 7) is -0.520. The molecular formula is C21H19ClF2N2O2. The number of carbonyl (C=O) groups excluding carboxylic acids is 2. The number of amides is 2. The van der Waals surface area contributed by atoms with Crippen LogP contribution in [0.5, 0.6) is 0 Å². The number of rotatable bonds is 4. The van der Waals surface area contributed by atoms with Crippen molar-refractivity contribution >= 4 is 28.4 Å². The van der Waals surface area contributed by atoms with Crippen LogP contribution in [-0.4, -0.2) is 35.7 Å². The first-order chi connectivity index (χ1) is 13.4. The van der Waals surface area contributed by atoms with E-state index in [1.807, 2.05) is 0 Å². The topological polar surface area (TPSA) is 49.4 Å². The second kappa shape index (κ2) is 8.52. The summed E-state index contributed by atoms with van der Waals surface area (Å²) in [7, 11) is 0. The van der Waals surface area contributed by atoms with Gasteiger partial charge in [-0.25, -0.2) is 8.78 Å². The third-order valence-electron chi connectivity index (χ3n) is 4.42. The Labute approximate surface area is 166 Å². The van der Waals surface area contributed by atoms with Gasteiger partial charge in [0.15, 0.2) is 0 Å². The van der Waals surface area contributed by atoms with Crippen LogP contribution in [0.25, 0.3) is 5.03 Å². The van der Waals surface area contributed by atoms with E-state index in [4.69, 9.17) is 11.6 Å². The van der Waals surface area contributed by atoms with Crippen molar-refractivity contribution in [3.63, 3.8) is 0 Å². The van der Waals surface area contributed by atoms with Gasteiger partial charge in [-0.1, -0.05) is 60.1 Å². The van der Waals surface area contributed by atoms with E-state index >= 15 is 0 Å². The molecule has 1 aliphatic rings. The predicted molar refractivity (Wildman–Crippen MR) is 104 cm³/mol. The molecule has 0 radical (unpaired) electrons. The van der Waals surface area contributed by atoms with Gasteiger partial charge in [0, 0.05) is 18.5 Å². The second-order valence-corrected chi connectivity index (χ2v) is 6.94. The molecule has 0 spiro atoms. The molecule has 2 amide bonds. The summed E-state index contributed by atoms with van der Waals surface area (Å²) < 4.78 is 27.6. The summed E-state index contributed by atoms with van der Waals surface area (Å²) in [6.07, 6.45) is -0.0831. The van der Waals surface area contributed by atoms with E-state index in [0.29, 0.717) is 11.1 Å². The SMILES string of the molecule is O=C(N/C(C(=O)N1CCCC(F)(F)C1)=C(\Cl)c1ccccc1)c1ccccc1. The molecule has 0 unspecified atom stereocenters. The highest BCUT2D eigenvalue weighted by Gasteiger charge is 2.38. The van der Waals surface area contributed by atoms with Crippen molar-refractivity contribution in [1.82, 2.24) is 10.2 Å². The van der Waals surface area contributed by atoms with Crippen molar-refractivity contribution in [2.75, 3.05) is 13.1 Å². The minimum Gasteiger partial charge on any atom is -0.331 e. The molecule has 1 fully saturated rings. The maximum atomic E-state index is 13.8. The Morgan fingerprint density at radius 3 is 2.11 bits per heavy atom. The number of hydrogen-bond donors (Lipinski definition) is 1. The number of likely N-dealkylation sites (tertiary alicyclic amines) is 1. The van der Waals surface area contributed by atoms with E-state index < -0.39 is 24.3 Å². The van der Waals surface area contributed by atoms with Crippen molar-refractivity contribution in [1.29, 1.82) is 0 Å². The Morgan fingerprint density at radius 1 is 0.964 bits per heavy atom. The molecule has 0 aliphatic carbocycles. The number of hydrogen-bond acceptors (Lipinski definition) is 2. The summed E-state index contributed by atoms with van der Waals surface area (Å²) in [5, 5.41) is 2.53. The predicted octanol–water partition coefficient (Wildman–Crippen LogP) is 4.28. The van der Waals surface area contributed by atoms with E-state index in [1.54, 1.807) is 60.7 Å². The van der Waals surface area contributed by atoms with Crippen LogP contribution < -0.4 is 5.32 Å². The van der Waals surface area contributed by atoms with E-state index in [9.17, 15) is 18.4 Å². The van der Waals surface area contributed by atoms with E-state index in [2.05, 4.69) is 5.32 Å². The molecule has 0 saturated carbocycles. The van der Waals surface area contributed by atoms with Crippen LogP contribution in [0.3, 0.4) is 0 Å². The van der Waals surface area contributed by atoms with Gasteiger partial charge in [-0.15, -0.1) is 0 Å². The fourth-order valence-electron chi connectivity index (χ4n) is 3.00. The highest BCUT2D eigenvalue weighted by Crippen LogP contribution is 2.29. The standard InChI is InChI=1S/C21H19ClF2N2O2/c22-17(15-8-3-1-4-9-15)18(25-19(27)16-10-5-2-6-11-16)20(28)26-13-7-12-21(23,24)14-26/h1-6,8-11H,7,12-14H2,(H,25,27)/b18-17-. The van der Waals surface area contributed by atoms with Crippen molar-refractivity contribution in [3.8, 4) is 0 Å². The molecular weight excluding hydrogens is 386 g/mol. The molecule has 7 heteroatoms. The molecule has 1 N–H and O–H groups in total. The van der Waals surface area contributed by atoms with Crippen LogP contribution in [0, 0.1) is 0 Å². The quantitative estimate of drug-likeness (QED) is 0.773. The zero-order chi connectivity index (χ0) is 20.1. The summed E-state index contributed by atoms with van der Waals surface area (Å²) in [4.78, 5) is 26.6. The minimum atomic E-state index is -2.96. The molecule has 3 rings (SSSR count). The van der Waals surface area contributed by atoms with Crippen molar-refractivity contribution in [2.24, 2.45) is 0 Å². The first-order valence-electron chi connectivity index (χ1n) is 8.86. The fourth-order valence-corrected chi connectivity index (χ4v) is 3.26. The fraction of sp³-hybridized carbons (Fsp3) is 0.238. The largest absolute Gasteiger partial charge is 0.331 e. The van der Waals surface area contributed by atoms with E-state index in [-0.39, 0.29) is 30.1 Å². The Morgan fingerprint density at radius 2 is 1.54 bits per heavy atom. The Balaban J connectivity index is 1.95. The van der Waals surface area contributed by atoms with Gasteiger partial charge in [0.05, 0.1) is 11.6 Å². The lowest BCUT2D eigenvalue weighted by Crippen LogP contribution is -2.48. The third kappa shape index (κ3) is 4.75. The van der Waals surface area contributed by atoms with Crippen molar-refractivity contribution < 1.29 is 18.4 Å². The molecule has 146 valence electrons. The van der Waals surface area contributed by atoms with Gasteiger partial charge in [0.2, 0.25) is 0 Å². The molecule has 2 aromatic carbocycles. The molecule has 2 aromatic rings. The number of halogens is 3. The lowest BCUT2D eigenvalue weighted by molar-refractivity contribution is -0.137. The van der Waals surface area contributed by atoms with E-state index in [0.717, 1.165) is 4.90 Å². The zero-order valence-corrected chi connectivity index (χ0v) is 15.8. The summed E-state index contributed by atoms with van der Waals surface area (Å²) in [6, 6.07) is 16.9. The summed E-state index contributed by atoms with van der Waals surface area (Å²) in [5.41, 5.74) is 0.623. The molecule has 28 heavy (non-hydrogen) atoms. The summed E-state index contributed by atoms with van der Waals surface area (Å²) in [5.74, 6) is -4.22. The molecule has 1 saturated heterocycles. The lowest BCUT2D eigenvalue weighted by Gasteiger charge is -2.33.